The van der Waals surface area contributed by atoms with Crippen molar-refractivity contribution in [3.63, 3.8) is 0 Å². The van der Waals surface area contributed by atoms with Crippen LogP contribution in [0.2, 0.25) is 0 Å². The summed E-state index contributed by atoms with van der Waals surface area (Å²) in [4.78, 5) is 16.3. The predicted molar refractivity (Wildman–Crippen MR) is 92.2 cm³/mol. The molecule has 1 aromatic rings. The Balaban J connectivity index is 1.79. The molecule has 0 spiro atoms. The van der Waals surface area contributed by atoms with Gasteiger partial charge < -0.3 is 10.3 Å². The lowest BCUT2D eigenvalue weighted by molar-refractivity contribution is -0.128. The van der Waals surface area contributed by atoms with Crippen molar-refractivity contribution in [1.82, 2.24) is 9.55 Å². The van der Waals surface area contributed by atoms with Gasteiger partial charge in [0.1, 0.15) is 0 Å². The summed E-state index contributed by atoms with van der Waals surface area (Å²) >= 11 is 6.32. The number of amides is 1. The van der Waals surface area contributed by atoms with E-state index in [0.29, 0.717) is 18.8 Å². The van der Waals surface area contributed by atoms with E-state index in [9.17, 15) is 18.0 Å². The number of carbonyl (C=O) groups excluding carboxylic acids is 1. The number of alkyl halides is 4. The van der Waals surface area contributed by atoms with E-state index >= 15 is 0 Å². The molecule has 2 atom stereocenters. The molecule has 0 aliphatic heterocycles. The van der Waals surface area contributed by atoms with Crippen LogP contribution in [0.25, 0.3) is 0 Å². The summed E-state index contributed by atoms with van der Waals surface area (Å²) in [6.07, 6.45) is 6.79. The van der Waals surface area contributed by atoms with Crippen molar-refractivity contribution in [1.29, 1.82) is 0 Å². The fourth-order valence-electron chi connectivity index (χ4n) is 4.18. The Hall–Kier alpha value is -1.76. The van der Waals surface area contributed by atoms with Crippen LogP contribution in [0.5, 0.6) is 0 Å². The van der Waals surface area contributed by atoms with Crippen LogP contribution in [-0.2, 0) is 11.3 Å². The minimum atomic E-state index is -4.53. The molecule has 142 valence electrons. The number of aromatic nitrogens is 2. The van der Waals surface area contributed by atoms with Gasteiger partial charge in [0, 0.05) is 18.9 Å². The summed E-state index contributed by atoms with van der Waals surface area (Å²) in [5.41, 5.74) is 3.24. The first-order valence-electron chi connectivity index (χ1n) is 8.61. The van der Waals surface area contributed by atoms with E-state index < -0.39 is 28.4 Å². The molecule has 3 rings (SSSR count). The molecule has 26 heavy (non-hydrogen) atoms. The van der Waals surface area contributed by atoms with Gasteiger partial charge in [0.15, 0.2) is 0 Å². The molecule has 2 unspecified atom stereocenters. The fraction of sp³-hybridized carbons (Fsp3) is 0.556. The second-order valence-electron chi connectivity index (χ2n) is 7.13. The van der Waals surface area contributed by atoms with Crippen LogP contribution in [0.4, 0.5) is 13.2 Å². The SMILES string of the molecule is NC(=O)C1(C2CCC(Cn3ccnc3)CC2)C=C(C(F)(F)F)C=CC1Cl. The maximum absolute atomic E-state index is 13.2. The lowest BCUT2D eigenvalue weighted by Gasteiger charge is -2.43. The quantitative estimate of drug-likeness (QED) is 0.798. The van der Waals surface area contributed by atoms with Crippen molar-refractivity contribution in [3.8, 4) is 0 Å². The average molecular weight is 388 g/mol. The highest BCUT2D eigenvalue weighted by atomic mass is 35.5. The second kappa shape index (κ2) is 7.10. The van der Waals surface area contributed by atoms with Crippen molar-refractivity contribution in [2.75, 3.05) is 0 Å². The molecule has 0 radical (unpaired) electrons. The highest BCUT2D eigenvalue weighted by Gasteiger charge is 2.51. The topological polar surface area (TPSA) is 60.9 Å². The van der Waals surface area contributed by atoms with Crippen LogP contribution in [-0.4, -0.2) is 27.0 Å². The van der Waals surface area contributed by atoms with E-state index in [1.165, 1.54) is 6.08 Å². The third-order valence-corrected chi connectivity index (χ3v) is 6.11. The summed E-state index contributed by atoms with van der Waals surface area (Å²) in [7, 11) is 0. The molecule has 0 bridgehead atoms. The predicted octanol–water partition coefficient (Wildman–Crippen LogP) is 3.83. The summed E-state index contributed by atoms with van der Waals surface area (Å²) in [5.74, 6) is -0.699. The molecule has 1 fully saturated rings. The number of halogens is 4. The normalized spacial score (nSPS) is 32.3. The number of rotatable bonds is 4. The maximum atomic E-state index is 13.2. The number of nitrogens with two attached hydrogens (primary N) is 1. The lowest BCUT2D eigenvalue weighted by Crippen LogP contribution is -2.50. The highest BCUT2D eigenvalue weighted by Crippen LogP contribution is 2.49. The van der Waals surface area contributed by atoms with Gasteiger partial charge in [-0.3, -0.25) is 4.79 Å². The van der Waals surface area contributed by atoms with Crippen molar-refractivity contribution >= 4 is 17.5 Å². The molecular weight excluding hydrogens is 367 g/mol. The minimum absolute atomic E-state index is 0.302. The number of imidazole rings is 1. The first-order valence-corrected chi connectivity index (χ1v) is 9.05. The zero-order valence-corrected chi connectivity index (χ0v) is 14.9. The number of nitrogens with zero attached hydrogens (tertiary/aromatic N) is 2. The van der Waals surface area contributed by atoms with Crippen LogP contribution in [0.15, 0.2) is 42.5 Å². The van der Waals surface area contributed by atoms with Gasteiger partial charge in [-0.15, -0.1) is 11.6 Å². The summed E-state index contributed by atoms with van der Waals surface area (Å²) < 4.78 is 41.6. The monoisotopic (exact) mass is 387 g/mol. The Morgan fingerprint density at radius 2 is 2.04 bits per heavy atom. The van der Waals surface area contributed by atoms with E-state index in [-0.39, 0.29) is 5.92 Å². The number of hydrogen-bond donors (Lipinski definition) is 1. The molecule has 8 heteroatoms. The summed E-state index contributed by atoms with van der Waals surface area (Å²) in [6, 6.07) is 0. The smallest absolute Gasteiger partial charge is 0.369 e. The standard InChI is InChI=1S/C18H21ClF3N3O/c19-15-6-5-14(18(20,21)22)9-17(15,16(23)26)13-3-1-12(2-4-13)10-25-8-7-24-11-25/h5-9,11-13,15H,1-4,10H2,(H2,23,26). The van der Waals surface area contributed by atoms with E-state index in [1.807, 2.05) is 10.8 Å². The Morgan fingerprint density at radius 1 is 1.35 bits per heavy atom. The van der Waals surface area contributed by atoms with Gasteiger partial charge in [-0.2, -0.15) is 13.2 Å². The van der Waals surface area contributed by atoms with Gasteiger partial charge in [0.05, 0.1) is 22.7 Å². The van der Waals surface area contributed by atoms with Crippen molar-refractivity contribution < 1.29 is 18.0 Å². The van der Waals surface area contributed by atoms with E-state index in [2.05, 4.69) is 4.98 Å². The first-order chi connectivity index (χ1) is 12.2. The minimum Gasteiger partial charge on any atom is -0.369 e. The molecule has 2 aliphatic rings. The molecule has 1 heterocycles. The van der Waals surface area contributed by atoms with Crippen LogP contribution >= 0.6 is 11.6 Å². The molecule has 2 N–H and O–H groups in total. The van der Waals surface area contributed by atoms with Crippen molar-refractivity contribution in [2.24, 2.45) is 23.0 Å². The van der Waals surface area contributed by atoms with Crippen LogP contribution in [0.3, 0.4) is 0 Å². The number of carbonyl (C=O) groups is 1. The lowest BCUT2D eigenvalue weighted by atomic mass is 9.62. The van der Waals surface area contributed by atoms with E-state index in [1.54, 1.807) is 12.5 Å². The molecule has 0 saturated heterocycles. The molecule has 0 aromatic carbocycles. The Kier molecular flexibility index (Phi) is 5.19. The average Bonchev–Trinajstić information content (AvgIpc) is 3.08. The molecule has 4 nitrogen and oxygen atoms in total. The van der Waals surface area contributed by atoms with Crippen molar-refractivity contribution in [3.05, 3.63) is 42.5 Å². The third-order valence-electron chi connectivity index (χ3n) is 5.60. The Labute approximate surface area is 154 Å². The number of primary amides is 1. The van der Waals surface area contributed by atoms with Crippen molar-refractivity contribution in [2.45, 2.75) is 43.8 Å². The van der Waals surface area contributed by atoms with Gasteiger partial charge in [-0.25, -0.2) is 4.98 Å². The summed E-state index contributed by atoms with van der Waals surface area (Å²) in [5, 5.41) is -0.874. The first kappa shape index (κ1) is 19.0. The number of hydrogen-bond acceptors (Lipinski definition) is 2. The molecule has 1 amide bonds. The fourth-order valence-corrected chi connectivity index (χ4v) is 4.60. The Bertz CT molecular complexity index is 706. The zero-order chi connectivity index (χ0) is 18.9. The van der Waals surface area contributed by atoms with E-state index in [4.69, 9.17) is 17.3 Å². The van der Waals surface area contributed by atoms with E-state index in [0.717, 1.165) is 31.5 Å². The number of allylic oxidation sites excluding steroid dienone is 3. The van der Waals surface area contributed by atoms with Crippen LogP contribution in [0.1, 0.15) is 25.7 Å². The Morgan fingerprint density at radius 3 is 2.58 bits per heavy atom. The van der Waals surface area contributed by atoms with Gasteiger partial charge in [0.2, 0.25) is 5.91 Å². The molecule has 1 aromatic heterocycles. The molecular formula is C18H21ClF3N3O. The van der Waals surface area contributed by atoms with Gasteiger partial charge >= 0.3 is 6.18 Å². The van der Waals surface area contributed by atoms with Crippen LogP contribution in [0, 0.1) is 17.3 Å². The van der Waals surface area contributed by atoms with Crippen LogP contribution < -0.4 is 5.73 Å². The summed E-state index contributed by atoms with van der Waals surface area (Å²) in [6.45, 7) is 0.810. The second-order valence-corrected chi connectivity index (χ2v) is 7.60. The maximum Gasteiger partial charge on any atom is 0.416 e. The largest absolute Gasteiger partial charge is 0.416 e. The molecule has 2 aliphatic carbocycles. The molecule has 1 saturated carbocycles. The van der Waals surface area contributed by atoms with Gasteiger partial charge in [-0.05, 0) is 37.5 Å². The third kappa shape index (κ3) is 3.54. The van der Waals surface area contributed by atoms with Gasteiger partial charge in [-0.1, -0.05) is 18.2 Å². The zero-order valence-electron chi connectivity index (χ0n) is 14.1. The highest BCUT2D eigenvalue weighted by molar-refractivity contribution is 6.24. The van der Waals surface area contributed by atoms with Gasteiger partial charge in [0.25, 0.3) is 0 Å².